The molecule has 0 aliphatic heterocycles. The van der Waals surface area contributed by atoms with Gasteiger partial charge in [0.05, 0.1) is 5.52 Å². The van der Waals surface area contributed by atoms with Crippen LogP contribution in [0.4, 0.5) is 4.79 Å². The van der Waals surface area contributed by atoms with E-state index in [4.69, 9.17) is 10.5 Å². The fraction of sp³-hybridized carbons (Fsp3) is 0.357. The van der Waals surface area contributed by atoms with Gasteiger partial charge in [0.2, 0.25) is 0 Å². The van der Waals surface area contributed by atoms with Crippen LogP contribution in [-0.4, -0.2) is 16.3 Å². The maximum atomic E-state index is 12.2. The molecule has 0 saturated heterocycles. The largest absolute Gasteiger partial charge is 0.443 e. The lowest BCUT2D eigenvalue weighted by atomic mass is 10.2. The normalized spacial score (nSPS) is 11.8. The Morgan fingerprint density at radius 1 is 1.33 bits per heavy atom. The number of carbonyl (C=O) groups is 1. The Bertz CT molecular complexity index is 579. The number of hydrogen-bond acceptors (Lipinski definition) is 3. The van der Waals surface area contributed by atoms with Gasteiger partial charge in [0.25, 0.3) is 0 Å². The average Bonchev–Trinajstić information content (AvgIpc) is 2.64. The second-order valence-corrected chi connectivity index (χ2v) is 5.21. The third-order valence-corrected chi connectivity index (χ3v) is 2.57. The molecule has 0 amide bonds. The van der Waals surface area contributed by atoms with Crippen LogP contribution in [0.5, 0.6) is 0 Å². The van der Waals surface area contributed by atoms with Crippen LogP contribution in [0.15, 0.2) is 30.3 Å². The van der Waals surface area contributed by atoms with Gasteiger partial charge in [-0.15, -0.1) is 0 Å². The van der Waals surface area contributed by atoms with Gasteiger partial charge >= 0.3 is 6.09 Å². The summed E-state index contributed by atoms with van der Waals surface area (Å²) in [6.07, 6.45) is -0.385. The Labute approximate surface area is 106 Å². The molecule has 0 radical (unpaired) electrons. The van der Waals surface area contributed by atoms with Gasteiger partial charge in [0.1, 0.15) is 5.60 Å². The van der Waals surface area contributed by atoms with E-state index in [2.05, 4.69) is 0 Å². The number of aromatic nitrogens is 1. The van der Waals surface area contributed by atoms with Gasteiger partial charge in [-0.05, 0) is 32.9 Å². The van der Waals surface area contributed by atoms with Crippen molar-refractivity contribution in [3.05, 3.63) is 36.0 Å². The highest BCUT2D eigenvalue weighted by atomic mass is 16.6. The van der Waals surface area contributed by atoms with Crippen molar-refractivity contribution in [1.82, 2.24) is 4.57 Å². The van der Waals surface area contributed by atoms with Crippen LogP contribution in [0.2, 0.25) is 0 Å². The third kappa shape index (κ3) is 2.38. The molecule has 2 N–H and O–H groups in total. The van der Waals surface area contributed by atoms with Crippen molar-refractivity contribution in [2.75, 3.05) is 0 Å². The van der Waals surface area contributed by atoms with E-state index in [0.29, 0.717) is 6.54 Å². The first-order chi connectivity index (χ1) is 8.42. The first-order valence-corrected chi connectivity index (χ1v) is 5.95. The number of ether oxygens (including phenoxy) is 1. The van der Waals surface area contributed by atoms with Crippen LogP contribution >= 0.6 is 0 Å². The molecule has 1 aromatic heterocycles. The topological polar surface area (TPSA) is 57.2 Å². The van der Waals surface area contributed by atoms with Gasteiger partial charge in [0.15, 0.2) is 0 Å². The zero-order valence-corrected chi connectivity index (χ0v) is 10.9. The first kappa shape index (κ1) is 12.6. The predicted octanol–water partition coefficient (Wildman–Crippen LogP) is 2.88. The summed E-state index contributed by atoms with van der Waals surface area (Å²) in [6.45, 7) is 5.84. The molecular weight excluding hydrogens is 228 g/mol. The van der Waals surface area contributed by atoms with E-state index in [9.17, 15) is 4.79 Å². The number of para-hydroxylation sites is 1. The molecule has 0 spiro atoms. The summed E-state index contributed by atoms with van der Waals surface area (Å²) in [4.78, 5) is 12.2. The third-order valence-electron chi connectivity index (χ3n) is 2.57. The van der Waals surface area contributed by atoms with Crippen molar-refractivity contribution in [2.45, 2.75) is 32.9 Å². The Morgan fingerprint density at radius 2 is 2.00 bits per heavy atom. The molecule has 0 aliphatic carbocycles. The lowest BCUT2D eigenvalue weighted by Gasteiger charge is -2.20. The van der Waals surface area contributed by atoms with Crippen LogP contribution < -0.4 is 5.73 Å². The molecule has 2 aromatic rings. The molecule has 4 nitrogen and oxygen atoms in total. The van der Waals surface area contributed by atoms with Gasteiger partial charge in [-0.3, -0.25) is 0 Å². The Balaban J connectivity index is 2.51. The highest BCUT2D eigenvalue weighted by molar-refractivity contribution is 5.90. The summed E-state index contributed by atoms with van der Waals surface area (Å²) < 4.78 is 6.94. The van der Waals surface area contributed by atoms with E-state index in [0.717, 1.165) is 16.6 Å². The zero-order chi connectivity index (χ0) is 13.3. The van der Waals surface area contributed by atoms with E-state index in [1.54, 1.807) is 4.57 Å². The van der Waals surface area contributed by atoms with Gasteiger partial charge in [0, 0.05) is 17.6 Å². The van der Waals surface area contributed by atoms with Crippen LogP contribution in [0.25, 0.3) is 10.9 Å². The van der Waals surface area contributed by atoms with E-state index in [1.165, 1.54) is 0 Å². The molecule has 1 aromatic carbocycles. The molecule has 0 fully saturated rings. The number of rotatable bonds is 1. The summed E-state index contributed by atoms with van der Waals surface area (Å²) in [7, 11) is 0. The molecule has 0 bridgehead atoms. The standard InChI is InChI=1S/C14H18N2O2/c1-14(2,3)18-13(17)16-11(9-15)8-10-6-4-5-7-12(10)16/h4-8H,9,15H2,1-3H3. The summed E-state index contributed by atoms with van der Waals surface area (Å²) in [5, 5.41) is 0.990. The molecule has 0 unspecified atom stereocenters. The Morgan fingerprint density at radius 3 is 2.61 bits per heavy atom. The Kier molecular flexibility index (Phi) is 3.13. The Hall–Kier alpha value is -1.81. The molecule has 2 rings (SSSR count). The molecule has 18 heavy (non-hydrogen) atoms. The van der Waals surface area contributed by atoms with E-state index >= 15 is 0 Å². The summed E-state index contributed by atoms with van der Waals surface area (Å²) in [5.41, 5.74) is 6.75. The van der Waals surface area contributed by atoms with Crippen molar-refractivity contribution in [3.63, 3.8) is 0 Å². The molecule has 96 valence electrons. The van der Waals surface area contributed by atoms with Crippen molar-refractivity contribution < 1.29 is 9.53 Å². The van der Waals surface area contributed by atoms with Gasteiger partial charge in [-0.2, -0.15) is 0 Å². The second kappa shape index (κ2) is 4.46. The van der Waals surface area contributed by atoms with Crippen LogP contribution in [0, 0.1) is 0 Å². The van der Waals surface area contributed by atoms with Crippen molar-refractivity contribution >= 4 is 17.0 Å². The molecule has 0 saturated carbocycles. The monoisotopic (exact) mass is 246 g/mol. The fourth-order valence-electron chi connectivity index (χ4n) is 1.89. The predicted molar refractivity (Wildman–Crippen MR) is 71.5 cm³/mol. The summed E-state index contributed by atoms with van der Waals surface area (Å²) in [5.74, 6) is 0. The minimum Gasteiger partial charge on any atom is -0.443 e. The number of nitrogens with zero attached hydrogens (tertiary/aromatic N) is 1. The fourth-order valence-corrected chi connectivity index (χ4v) is 1.89. The molecule has 0 aliphatic rings. The minimum absolute atomic E-state index is 0.300. The van der Waals surface area contributed by atoms with E-state index < -0.39 is 5.60 Å². The first-order valence-electron chi connectivity index (χ1n) is 5.95. The molecule has 4 heteroatoms. The summed E-state index contributed by atoms with van der Waals surface area (Å²) in [6, 6.07) is 9.58. The van der Waals surface area contributed by atoms with Crippen LogP contribution in [0.1, 0.15) is 26.5 Å². The second-order valence-electron chi connectivity index (χ2n) is 5.21. The molecule has 0 atom stereocenters. The van der Waals surface area contributed by atoms with Crippen LogP contribution in [0.3, 0.4) is 0 Å². The minimum atomic E-state index is -0.520. The number of hydrogen-bond donors (Lipinski definition) is 1. The zero-order valence-electron chi connectivity index (χ0n) is 10.9. The molecule has 1 heterocycles. The highest BCUT2D eigenvalue weighted by Gasteiger charge is 2.21. The smallest absolute Gasteiger partial charge is 0.419 e. The SMILES string of the molecule is CC(C)(C)OC(=O)n1c(CN)cc2ccccc21. The van der Waals surface area contributed by atoms with Crippen molar-refractivity contribution in [1.29, 1.82) is 0 Å². The summed E-state index contributed by atoms with van der Waals surface area (Å²) >= 11 is 0. The van der Waals surface area contributed by atoms with Gasteiger partial charge in [-0.1, -0.05) is 18.2 Å². The van der Waals surface area contributed by atoms with E-state index in [1.807, 2.05) is 51.1 Å². The highest BCUT2D eigenvalue weighted by Crippen LogP contribution is 2.21. The number of nitrogens with two attached hydrogens (primary N) is 1. The number of fused-ring (bicyclic) bond motifs is 1. The lowest BCUT2D eigenvalue weighted by Crippen LogP contribution is -2.28. The molecular formula is C14H18N2O2. The van der Waals surface area contributed by atoms with Crippen molar-refractivity contribution in [2.24, 2.45) is 5.73 Å². The van der Waals surface area contributed by atoms with Crippen molar-refractivity contribution in [3.8, 4) is 0 Å². The van der Waals surface area contributed by atoms with Crippen LogP contribution in [-0.2, 0) is 11.3 Å². The van der Waals surface area contributed by atoms with Gasteiger partial charge in [-0.25, -0.2) is 9.36 Å². The number of benzene rings is 1. The maximum absolute atomic E-state index is 12.2. The maximum Gasteiger partial charge on any atom is 0.419 e. The quantitative estimate of drug-likeness (QED) is 0.841. The lowest BCUT2D eigenvalue weighted by molar-refractivity contribution is 0.0540. The average molecular weight is 246 g/mol. The van der Waals surface area contributed by atoms with E-state index in [-0.39, 0.29) is 6.09 Å². The van der Waals surface area contributed by atoms with Gasteiger partial charge < -0.3 is 10.5 Å². The number of carbonyl (C=O) groups excluding carboxylic acids is 1.